The summed E-state index contributed by atoms with van der Waals surface area (Å²) in [6, 6.07) is 5.92. The number of fused-ring (bicyclic) bond motifs is 2. The molecule has 0 unspecified atom stereocenters. The van der Waals surface area contributed by atoms with Gasteiger partial charge in [-0.15, -0.1) is 0 Å². The van der Waals surface area contributed by atoms with Crippen LogP contribution < -0.4 is 0 Å². The molecule has 2 aromatic carbocycles. The minimum Gasteiger partial charge on any atom is -0.386 e. The molecule has 0 aliphatic carbocycles. The van der Waals surface area contributed by atoms with Gasteiger partial charge in [-0.2, -0.15) is 13.2 Å². The van der Waals surface area contributed by atoms with Crippen LogP contribution >= 0.6 is 0 Å². The molecular weight excluding hydrogens is 261 g/mol. The summed E-state index contributed by atoms with van der Waals surface area (Å²) in [4.78, 5) is 22.7. The van der Waals surface area contributed by atoms with Crippen molar-refractivity contribution < 1.29 is 27.5 Å². The topological polar surface area (TPSA) is 43.4 Å². The number of carbonyl (C=O) groups excluding carboxylic acids is 2. The number of alkyl halides is 3. The van der Waals surface area contributed by atoms with Gasteiger partial charge in [0.1, 0.15) is 0 Å². The molecule has 1 heterocycles. The van der Waals surface area contributed by atoms with Crippen LogP contribution in [0.4, 0.5) is 13.2 Å². The van der Waals surface area contributed by atoms with Crippen LogP contribution in [0.15, 0.2) is 30.3 Å². The van der Waals surface area contributed by atoms with Crippen LogP contribution in [0.25, 0.3) is 10.8 Å². The van der Waals surface area contributed by atoms with E-state index in [0.717, 1.165) is 12.1 Å². The molecule has 0 bridgehead atoms. The molecule has 1 aliphatic rings. The standard InChI is InChI=1S/C13H5F3O3/c14-13(15,16)10-3-1-2-6-4-8-9(5-7(6)10)12(18)19-11(8)17/h1-5H. The molecule has 0 N–H and O–H groups in total. The van der Waals surface area contributed by atoms with Crippen LogP contribution in [0.1, 0.15) is 26.3 Å². The number of cyclic esters (lactones) is 2. The first-order valence-electron chi connectivity index (χ1n) is 5.28. The summed E-state index contributed by atoms with van der Waals surface area (Å²) in [5, 5.41) is 0.112. The average Bonchev–Trinajstić information content (AvgIpc) is 2.60. The Morgan fingerprint density at radius 2 is 1.58 bits per heavy atom. The van der Waals surface area contributed by atoms with Gasteiger partial charge in [0.05, 0.1) is 16.7 Å². The van der Waals surface area contributed by atoms with Crippen molar-refractivity contribution in [3.05, 3.63) is 47.0 Å². The fourth-order valence-corrected chi connectivity index (χ4v) is 2.10. The van der Waals surface area contributed by atoms with Crippen LogP contribution in [0.5, 0.6) is 0 Å². The molecule has 0 fully saturated rings. The summed E-state index contributed by atoms with van der Waals surface area (Å²) in [6.45, 7) is 0. The normalized spacial score (nSPS) is 14.7. The zero-order valence-electron chi connectivity index (χ0n) is 9.25. The first-order valence-corrected chi connectivity index (χ1v) is 5.28. The molecule has 0 aromatic heterocycles. The van der Waals surface area contributed by atoms with Gasteiger partial charge in [-0.25, -0.2) is 9.59 Å². The van der Waals surface area contributed by atoms with Gasteiger partial charge in [-0.05, 0) is 29.0 Å². The molecule has 1 aliphatic heterocycles. The van der Waals surface area contributed by atoms with E-state index in [1.54, 1.807) is 0 Å². The Labute approximate surface area is 104 Å². The number of hydrogen-bond acceptors (Lipinski definition) is 3. The number of rotatable bonds is 0. The maximum atomic E-state index is 12.9. The highest BCUT2D eigenvalue weighted by molar-refractivity contribution is 6.17. The Morgan fingerprint density at radius 1 is 0.947 bits per heavy atom. The van der Waals surface area contributed by atoms with Crippen LogP contribution in [0.2, 0.25) is 0 Å². The van der Waals surface area contributed by atoms with Crippen molar-refractivity contribution in [1.29, 1.82) is 0 Å². The lowest BCUT2D eigenvalue weighted by Crippen LogP contribution is -2.06. The van der Waals surface area contributed by atoms with E-state index in [-0.39, 0.29) is 21.9 Å². The summed E-state index contributed by atoms with van der Waals surface area (Å²) in [5.74, 6) is -1.75. The zero-order chi connectivity index (χ0) is 13.8. The molecule has 0 atom stereocenters. The van der Waals surface area contributed by atoms with Crippen LogP contribution in [0, 0.1) is 0 Å². The van der Waals surface area contributed by atoms with Crippen LogP contribution in [0.3, 0.4) is 0 Å². The predicted octanol–water partition coefficient (Wildman–Crippen LogP) is 3.17. The van der Waals surface area contributed by atoms with Gasteiger partial charge in [-0.3, -0.25) is 0 Å². The number of benzene rings is 2. The largest absolute Gasteiger partial charge is 0.417 e. The Balaban J connectivity index is 2.38. The summed E-state index contributed by atoms with van der Waals surface area (Å²) < 4.78 is 43.0. The van der Waals surface area contributed by atoms with Crippen LogP contribution in [-0.2, 0) is 10.9 Å². The molecule has 2 aromatic rings. The van der Waals surface area contributed by atoms with Gasteiger partial charge in [0.15, 0.2) is 0 Å². The molecule has 0 saturated heterocycles. The number of hydrogen-bond donors (Lipinski definition) is 0. The fourth-order valence-electron chi connectivity index (χ4n) is 2.10. The number of esters is 2. The maximum Gasteiger partial charge on any atom is 0.417 e. The van der Waals surface area contributed by atoms with Crippen molar-refractivity contribution in [3.63, 3.8) is 0 Å². The number of carbonyl (C=O) groups is 2. The van der Waals surface area contributed by atoms with Gasteiger partial charge in [0, 0.05) is 0 Å². The summed E-state index contributed by atoms with van der Waals surface area (Å²) in [7, 11) is 0. The summed E-state index contributed by atoms with van der Waals surface area (Å²) in [6.07, 6.45) is -4.53. The highest BCUT2D eigenvalue weighted by Gasteiger charge is 2.35. The Morgan fingerprint density at radius 3 is 2.21 bits per heavy atom. The molecule has 6 heteroatoms. The molecular formula is C13H5F3O3. The second-order valence-corrected chi connectivity index (χ2v) is 4.10. The lowest BCUT2D eigenvalue weighted by molar-refractivity contribution is -0.136. The van der Waals surface area contributed by atoms with Crippen molar-refractivity contribution >= 4 is 22.7 Å². The Hall–Kier alpha value is -2.37. The smallest absolute Gasteiger partial charge is 0.386 e. The van der Waals surface area contributed by atoms with E-state index in [9.17, 15) is 22.8 Å². The minimum absolute atomic E-state index is 0.00294. The summed E-state index contributed by atoms with van der Waals surface area (Å²) in [5.41, 5.74) is -0.981. The first kappa shape index (κ1) is 11.7. The number of ether oxygens (including phenoxy) is 1. The van der Waals surface area contributed by atoms with Crippen molar-refractivity contribution in [2.75, 3.05) is 0 Å². The molecule has 19 heavy (non-hydrogen) atoms. The molecule has 0 radical (unpaired) electrons. The van der Waals surface area contributed by atoms with Crippen molar-refractivity contribution in [2.24, 2.45) is 0 Å². The van der Waals surface area contributed by atoms with E-state index in [4.69, 9.17) is 0 Å². The van der Waals surface area contributed by atoms with Gasteiger partial charge in [0.25, 0.3) is 0 Å². The molecule has 96 valence electrons. The first-order chi connectivity index (χ1) is 8.88. The summed E-state index contributed by atoms with van der Waals surface area (Å²) >= 11 is 0. The third kappa shape index (κ3) is 1.68. The second-order valence-electron chi connectivity index (χ2n) is 4.10. The highest BCUT2D eigenvalue weighted by Crippen LogP contribution is 2.36. The maximum absolute atomic E-state index is 12.9. The van der Waals surface area contributed by atoms with Gasteiger partial charge in [-0.1, -0.05) is 12.1 Å². The molecule has 3 rings (SSSR count). The lowest BCUT2D eigenvalue weighted by atomic mass is 9.98. The van der Waals surface area contributed by atoms with Crippen molar-refractivity contribution in [3.8, 4) is 0 Å². The number of halogens is 3. The Bertz CT molecular complexity index is 732. The average molecular weight is 266 g/mol. The van der Waals surface area contributed by atoms with E-state index in [2.05, 4.69) is 4.74 Å². The Kier molecular flexibility index (Phi) is 2.20. The molecule has 0 spiro atoms. The minimum atomic E-state index is -4.53. The highest BCUT2D eigenvalue weighted by atomic mass is 19.4. The van der Waals surface area contributed by atoms with E-state index < -0.39 is 23.7 Å². The third-order valence-corrected chi connectivity index (χ3v) is 2.95. The second kappa shape index (κ2) is 3.57. The van der Waals surface area contributed by atoms with E-state index >= 15 is 0 Å². The van der Waals surface area contributed by atoms with Gasteiger partial charge < -0.3 is 4.74 Å². The fraction of sp³-hybridized carbons (Fsp3) is 0.0769. The monoisotopic (exact) mass is 266 g/mol. The van der Waals surface area contributed by atoms with Gasteiger partial charge >= 0.3 is 18.1 Å². The van der Waals surface area contributed by atoms with Crippen molar-refractivity contribution in [1.82, 2.24) is 0 Å². The zero-order valence-corrected chi connectivity index (χ0v) is 9.25. The lowest BCUT2D eigenvalue weighted by Gasteiger charge is -2.10. The van der Waals surface area contributed by atoms with Crippen LogP contribution in [-0.4, -0.2) is 11.9 Å². The van der Waals surface area contributed by atoms with E-state index in [0.29, 0.717) is 0 Å². The SMILES string of the molecule is O=C1OC(=O)c2cc3c(C(F)(F)F)cccc3cc21. The van der Waals surface area contributed by atoms with E-state index in [1.165, 1.54) is 18.2 Å². The molecule has 0 saturated carbocycles. The molecule has 3 nitrogen and oxygen atoms in total. The third-order valence-electron chi connectivity index (χ3n) is 2.95. The van der Waals surface area contributed by atoms with Gasteiger partial charge in [0.2, 0.25) is 0 Å². The van der Waals surface area contributed by atoms with Crippen molar-refractivity contribution in [2.45, 2.75) is 6.18 Å². The van der Waals surface area contributed by atoms with E-state index in [1.807, 2.05) is 0 Å². The quantitative estimate of drug-likeness (QED) is 0.543. The molecule has 0 amide bonds. The predicted molar refractivity (Wildman–Crippen MR) is 58.7 cm³/mol.